The molecule has 2 heteroatoms. The van der Waals surface area contributed by atoms with Crippen molar-refractivity contribution in [3.63, 3.8) is 0 Å². The van der Waals surface area contributed by atoms with E-state index in [2.05, 4.69) is 20.8 Å². The number of rotatable bonds is 9. The van der Waals surface area contributed by atoms with Gasteiger partial charge in [0, 0.05) is 16.8 Å². The molecule has 0 aliphatic heterocycles. The fourth-order valence-corrected chi connectivity index (χ4v) is 4.44. The molecule has 0 aromatic heterocycles. The smallest absolute Gasteiger partial charge is 0 e. The third-order valence-corrected chi connectivity index (χ3v) is 5.33. The van der Waals surface area contributed by atoms with Crippen LogP contribution in [0.25, 0.3) is 0 Å². The standard InChI is InChI=1S/C12H27P.Co/c1-4-7-10-13(11-8-5-2)12-9-6-3;/h4-12H2,1-3H3;. The van der Waals surface area contributed by atoms with E-state index in [-0.39, 0.29) is 16.8 Å². The van der Waals surface area contributed by atoms with Gasteiger partial charge in [-0.2, -0.15) is 0 Å². The predicted octanol–water partition coefficient (Wildman–Crippen LogP) is 4.87. The summed E-state index contributed by atoms with van der Waals surface area (Å²) in [7, 11) is 0.422. The van der Waals surface area contributed by atoms with Gasteiger partial charge >= 0.3 is 0 Å². The van der Waals surface area contributed by atoms with Crippen LogP contribution >= 0.6 is 7.92 Å². The molecule has 0 nitrogen and oxygen atoms in total. The van der Waals surface area contributed by atoms with E-state index in [1.807, 2.05) is 0 Å². The van der Waals surface area contributed by atoms with E-state index in [1.54, 1.807) is 18.5 Å². The van der Waals surface area contributed by atoms with Crippen LogP contribution in [0.2, 0.25) is 0 Å². The van der Waals surface area contributed by atoms with Crippen molar-refractivity contribution >= 4 is 7.92 Å². The number of unbranched alkanes of at least 4 members (excludes halogenated alkanes) is 3. The third-order valence-electron chi connectivity index (χ3n) is 2.48. The van der Waals surface area contributed by atoms with Crippen molar-refractivity contribution < 1.29 is 16.8 Å². The van der Waals surface area contributed by atoms with Crippen LogP contribution in [0.3, 0.4) is 0 Å². The molecule has 0 heterocycles. The van der Waals surface area contributed by atoms with Crippen LogP contribution in [0, 0.1) is 0 Å². The van der Waals surface area contributed by atoms with Crippen molar-refractivity contribution in [3.05, 3.63) is 0 Å². The molecular formula is C12H27CoP. The van der Waals surface area contributed by atoms with Crippen LogP contribution in [0.15, 0.2) is 0 Å². The molecule has 0 rings (SSSR count). The first-order valence-electron chi connectivity index (χ1n) is 6.07. The summed E-state index contributed by atoms with van der Waals surface area (Å²) in [6.45, 7) is 6.94. The molecule has 0 aliphatic rings. The van der Waals surface area contributed by atoms with Gasteiger partial charge in [-0.3, -0.25) is 0 Å². The predicted molar refractivity (Wildman–Crippen MR) is 66.2 cm³/mol. The Labute approximate surface area is 103 Å². The van der Waals surface area contributed by atoms with E-state index in [9.17, 15) is 0 Å². The molecule has 89 valence electrons. The van der Waals surface area contributed by atoms with E-state index < -0.39 is 0 Å². The van der Waals surface area contributed by atoms with Gasteiger partial charge in [0.15, 0.2) is 0 Å². The molecule has 0 fully saturated rings. The Morgan fingerprint density at radius 1 is 0.643 bits per heavy atom. The second-order valence-corrected chi connectivity index (χ2v) is 6.59. The van der Waals surface area contributed by atoms with E-state index >= 15 is 0 Å². The Kier molecular flexibility index (Phi) is 17.3. The number of hydrogen-bond donors (Lipinski definition) is 0. The molecule has 14 heavy (non-hydrogen) atoms. The minimum atomic E-state index is 0. The van der Waals surface area contributed by atoms with Gasteiger partial charge in [0.1, 0.15) is 0 Å². The summed E-state index contributed by atoms with van der Waals surface area (Å²) in [5.74, 6) is 0. The van der Waals surface area contributed by atoms with Crippen molar-refractivity contribution in [1.82, 2.24) is 0 Å². The summed E-state index contributed by atoms with van der Waals surface area (Å²) in [5.41, 5.74) is 0. The average molecular weight is 261 g/mol. The van der Waals surface area contributed by atoms with E-state index in [1.165, 1.54) is 38.5 Å². The molecule has 1 radical (unpaired) electrons. The summed E-state index contributed by atoms with van der Waals surface area (Å²) in [4.78, 5) is 0. The second-order valence-electron chi connectivity index (χ2n) is 3.90. The summed E-state index contributed by atoms with van der Waals surface area (Å²) in [6, 6.07) is 0. The van der Waals surface area contributed by atoms with Crippen molar-refractivity contribution in [2.45, 2.75) is 59.3 Å². The normalized spacial score (nSPS) is 10.3. The van der Waals surface area contributed by atoms with Crippen LogP contribution in [-0.2, 0) is 16.8 Å². The number of hydrogen-bond acceptors (Lipinski definition) is 0. The second kappa shape index (κ2) is 13.9. The monoisotopic (exact) mass is 261 g/mol. The summed E-state index contributed by atoms with van der Waals surface area (Å²) < 4.78 is 0. The molecule has 0 saturated carbocycles. The van der Waals surface area contributed by atoms with Crippen molar-refractivity contribution in [2.75, 3.05) is 18.5 Å². The molecule has 0 N–H and O–H groups in total. The van der Waals surface area contributed by atoms with Gasteiger partial charge in [-0.05, 0) is 37.7 Å². The Bertz CT molecular complexity index is 77.3. The van der Waals surface area contributed by atoms with Crippen LogP contribution in [0.5, 0.6) is 0 Å². The zero-order chi connectivity index (χ0) is 9.94. The van der Waals surface area contributed by atoms with Gasteiger partial charge in [0.2, 0.25) is 0 Å². The van der Waals surface area contributed by atoms with Crippen molar-refractivity contribution in [2.24, 2.45) is 0 Å². The zero-order valence-electron chi connectivity index (χ0n) is 10.1. The Morgan fingerprint density at radius 3 is 1.14 bits per heavy atom. The SMILES string of the molecule is CCCCP(CCCC)CCCC.[Co]. The maximum absolute atomic E-state index is 2.31. The van der Waals surface area contributed by atoms with Gasteiger partial charge < -0.3 is 0 Å². The summed E-state index contributed by atoms with van der Waals surface area (Å²) in [6.07, 6.45) is 13.2. The van der Waals surface area contributed by atoms with Gasteiger partial charge in [0.05, 0.1) is 0 Å². The van der Waals surface area contributed by atoms with Gasteiger partial charge in [-0.1, -0.05) is 40.0 Å². The molecular weight excluding hydrogens is 234 g/mol. The van der Waals surface area contributed by atoms with E-state index in [0.29, 0.717) is 7.92 Å². The first kappa shape index (κ1) is 17.3. The van der Waals surface area contributed by atoms with Gasteiger partial charge in [0.25, 0.3) is 0 Å². The first-order chi connectivity index (χ1) is 6.35. The quantitative estimate of drug-likeness (QED) is 0.520. The molecule has 0 aromatic carbocycles. The topological polar surface area (TPSA) is 0 Å². The minimum Gasteiger partial charge on any atom is -0.107 e. The average Bonchev–Trinajstić information content (AvgIpc) is 2.17. The van der Waals surface area contributed by atoms with Crippen LogP contribution in [0.4, 0.5) is 0 Å². The van der Waals surface area contributed by atoms with Crippen molar-refractivity contribution in [1.29, 1.82) is 0 Å². The molecule has 0 saturated heterocycles. The Morgan fingerprint density at radius 2 is 0.929 bits per heavy atom. The van der Waals surface area contributed by atoms with Crippen LogP contribution in [-0.4, -0.2) is 18.5 Å². The Hall–Kier alpha value is 0.936. The third kappa shape index (κ3) is 11.0. The fourth-order valence-electron chi connectivity index (χ4n) is 1.48. The molecule has 0 aliphatic carbocycles. The first-order valence-corrected chi connectivity index (χ1v) is 7.97. The van der Waals surface area contributed by atoms with E-state index in [4.69, 9.17) is 0 Å². The molecule has 0 spiro atoms. The van der Waals surface area contributed by atoms with Gasteiger partial charge in [-0.25, -0.2) is 0 Å². The molecule has 0 atom stereocenters. The maximum Gasteiger partial charge on any atom is 0 e. The van der Waals surface area contributed by atoms with Gasteiger partial charge in [-0.15, -0.1) is 7.92 Å². The molecule has 0 aromatic rings. The summed E-state index contributed by atoms with van der Waals surface area (Å²) >= 11 is 0. The van der Waals surface area contributed by atoms with E-state index in [0.717, 1.165) is 0 Å². The molecule has 0 bridgehead atoms. The van der Waals surface area contributed by atoms with Crippen LogP contribution in [0.1, 0.15) is 59.3 Å². The zero-order valence-corrected chi connectivity index (χ0v) is 12.1. The minimum absolute atomic E-state index is 0. The molecule has 0 unspecified atom stereocenters. The maximum atomic E-state index is 2.31. The van der Waals surface area contributed by atoms with Crippen LogP contribution < -0.4 is 0 Å². The largest absolute Gasteiger partial charge is 0.107 e. The Balaban J connectivity index is 0. The summed E-state index contributed by atoms with van der Waals surface area (Å²) in [5, 5.41) is 0. The molecule has 0 amide bonds. The fraction of sp³-hybridized carbons (Fsp3) is 1.00. The van der Waals surface area contributed by atoms with Crippen molar-refractivity contribution in [3.8, 4) is 0 Å².